The molecule has 0 aliphatic carbocycles. The SMILES string of the molecule is CN1OC1=S.Cc1nc(C(C)C)c(Sc2cc(F)cc(F)c2)n1C. The summed E-state index contributed by atoms with van der Waals surface area (Å²) < 4.78 is 28.4. The van der Waals surface area contributed by atoms with Crippen molar-refractivity contribution in [2.75, 3.05) is 7.05 Å². The van der Waals surface area contributed by atoms with Gasteiger partial charge in [-0.3, -0.25) is 0 Å². The molecule has 0 radical (unpaired) electrons. The van der Waals surface area contributed by atoms with Crippen molar-refractivity contribution in [1.29, 1.82) is 0 Å². The van der Waals surface area contributed by atoms with Crippen LogP contribution in [0.15, 0.2) is 28.1 Å². The molecule has 0 saturated carbocycles. The van der Waals surface area contributed by atoms with Gasteiger partial charge in [0.05, 0.1) is 5.69 Å². The summed E-state index contributed by atoms with van der Waals surface area (Å²) in [5.74, 6) is 0.0313. The Kier molecular flexibility index (Phi) is 5.82. The number of thiocarbonyl (C=S) groups is 1. The molecule has 4 nitrogen and oxygen atoms in total. The Hall–Kier alpha value is -1.67. The summed E-state index contributed by atoms with van der Waals surface area (Å²) in [6, 6.07) is 3.54. The zero-order chi connectivity index (χ0) is 18.0. The summed E-state index contributed by atoms with van der Waals surface area (Å²) in [4.78, 5) is 9.53. The predicted octanol–water partition coefficient (Wildman–Crippen LogP) is 4.43. The van der Waals surface area contributed by atoms with Crippen molar-refractivity contribution >= 4 is 29.2 Å². The number of imidazole rings is 1. The lowest BCUT2D eigenvalue weighted by Crippen LogP contribution is -1.95. The van der Waals surface area contributed by atoms with Gasteiger partial charge in [-0.05, 0) is 37.2 Å². The first-order valence-corrected chi connectivity index (χ1v) is 8.54. The van der Waals surface area contributed by atoms with E-state index in [1.54, 1.807) is 7.05 Å². The molecule has 0 spiro atoms. The second kappa shape index (κ2) is 7.48. The third-order valence-corrected chi connectivity index (χ3v) is 4.81. The topological polar surface area (TPSA) is 33.4 Å². The number of halogens is 2. The highest BCUT2D eigenvalue weighted by Gasteiger charge is 2.21. The Labute approximate surface area is 149 Å². The maximum atomic E-state index is 13.2. The zero-order valence-corrected chi connectivity index (χ0v) is 15.8. The van der Waals surface area contributed by atoms with E-state index in [2.05, 4.69) is 35.9 Å². The molecule has 8 heteroatoms. The Balaban J connectivity index is 0.000000355. The van der Waals surface area contributed by atoms with Crippen LogP contribution in [0.2, 0.25) is 0 Å². The lowest BCUT2D eigenvalue weighted by molar-refractivity contribution is 0.243. The van der Waals surface area contributed by atoms with Crippen LogP contribution in [0.4, 0.5) is 8.78 Å². The molecular formula is C16H19F2N3OS2. The summed E-state index contributed by atoms with van der Waals surface area (Å²) in [7, 11) is 3.68. The van der Waals surface area contributed by atoms with Crippen LogP contribution >= 0.6 is 24.0 Å². The largest absolute Gasteiger partial charge is 0.342 e. The summed E-state index contributed by atoms with van der Waals surface area (Å²) in [5, 5.41) is 3.04. The zero-order valence-electron chi connectivity index (χ0n) is 14.1. The van der Waals surface area contributed by atoms with E-state index < -0.39 is 11.6 Å². The highest BCUT2D eigenvalue weighted by atomic mass is 32.2. The molecule has 1 aromatic heterocycles. The van der Waals surface area contributed by atoms with Crippen molar-refractivity contribution in [2.45, 2.75) is 36.6 Å². The molecule has 1 aliphatic heterocycles. The van der Waals surface area contributed by atoms with E-state index in [1.807, 2.05) is 18.5 Å². The molecule has 1 fully saturated rings. The summed E-state index contributed by atoms with van der Waals surface area (Å²) in [5.41, 5.74) is 0.953. The molecule has 1 saturated heterocycles. The first-order valence-electron chi connectivity index (χ1n) is 7.31. The average molecular weight is 371 g/mol. The van der Waals surface area contributed by atoms with Crippen molar-refractivity contribution in [3.8, 4) is 0 Å². The Morgan fingerprint density at radius 3 is 2.08 bits per heavy atom. The molecular weight excluding hydrogens is 352 g/mol. The molecule has 3 rings (SSSR count). The van der Waals surface area contributed by atoms with Crippen LogP contribution in [0.1, 0.15) is 31.3 Å². The molecule has 0 atom stereocenters. The van der Waals surface area contributed by atoms with Crippen LogP contribution in [0, 0.1) is 18.6 Å². The second-order valence-corrected chi connectivity index (χ2v) is 7.04. The van der Waals surface area contributed by atoms with Crippen LogP contribution in [0.25, 0.3) is 0 Å². The first kappa shape index (κ1) is 18.7. The van der Waals surface area contributed by atoms with Gasteiger partial charge in [-0.25, -0.2) is 13.8 Å². The van der Waals surface area contributed by atoms with E-state index in [9.17, 15) is 8.78 Å². The van der Waals surface area contributed by atoms with Gasteiger partial charge in [0, 0.05) is 25.1 Å². The van der Waals surface area contributed by atoms with Gasteiger partial charge < -0.3 is 9.40 Å². The van der Waals surface area contributed by atoms with Crippen LogP contribution < -0.4 is 0 Å². The van der Waals surface area contributed by atoms with Crippen molar-refractivity contribution < 1.29 is 13.6 Å². The fourth-order valence-electron chi connectivity index (χ4n) is 1.91. The highest BCUT2D eigenvalue weighted by molar-refractivity contribution is 7.99. The summed E-state index contributed by atoms with van der Waals surface area (Å²) in [6.07, 6.45) is 0. The van der Waals surface area contributed by atoms with Gasteiger partial charge in [0.15, 0.2) is 0 Å². The molecule has 0 amide bonds. The maximum absolute atomic E-state index is 13.2. The first-order chi connectivity index (χ1) is 11.2. The molecule has 2 aromatic rings. The van der Waals surface area contributed by atoms with E-state index >= 15 is 0 Å². The smallest absolute Gasteiger partial charge is 0.322 e. The molecule has 1 aliphatic rings. The van der Waals surface area contributed by atoms with Gasteiger partial charge >= 0.3 is 5.17 Å². The fourth-order valence-corrected chi connectivity index (χ4v) is 3.24. The normalized spacial score (nSPS) is 12.8. The minimum Gasteiger partial charge on any atom is -0.342 e. The number of hydroxylamine groups is 2. The summed E-state index contributed by atoms with van der Waals surface area (Å²) in [6.45, 7) is 6.03. The molecule has 0 bridgehead atoms. The third-order valence-electron chi connectivity index (χ3n) is 3.33. The van der Waals surface area contributed by atoms with Gasteiger partial charge in [0.25, 0.3) is 0 Å². The highest BCUT2D eigenvalue weighted by Crippen LogP contribution is 2.34. The quantitative estimate of drug-likeness (QED) is 0.589. The Morgan fingerprint density at radius 2 is 1.67 bits per heavy atom. The number of nitrogens with zero attached hydrogens (tertiary/aromatic N) is 3. The van der Waals surface area contributed by atoms with Gasteiger partial charge in [0.2, 0.25) is 0 Å². The van der Waals surface area contributed by atoms with Crippen molar-refractivity contribution in [3.05, 3.63) is 41.4 Å². The lowest BCUT2D eigenvalue weighted by Gasteiger charge is -2.08. The average Bonchev–Trinajstić information content (AvgIpc) is 3.04. The molecule has 0 unspecified atom stereocenters. The van der Waals surface area contributed by atoms with Gasteiger partial charge in [0.1, 0.15) is 22.5 Å². The van der Waals surface area contributed by atoms with Gasteiger partial charge in [-0.1, -0.05) is 25.6 Å². The third kappa shape index (κ3) is 4.67. The number of benzene rings is 1. The Bertz CT molecular complexity index is 742. The minimum atomic E-state index is -0.563. The lowest BCUT2D eigenvalue weighted by atomic mass is 10.2. The molecule has 1 aromatic carbocycles. The summed E-state index contributed by atoms with van der Waals surface area (Å²) >= 11 is 5.81. The van der Waals surface area contributed by atoms with Gasteiger partial charge in [-0.2, -0.15) is 5.06 Å². The van der Waals surface area contributed by atoms with Crippen LogP contribution in [0.5, 0.6) is 0 Å². The van der Waals surface area contributed by atoms with E-state index in [0.717, 1.165) is 22.6 Å². The number of hydrogen-bond acceptors (Lipinski definition) is 4. The fraction of sp³-hybridized carbons (Fsp3) is 0.375. The van der Waals surface area contributed by atoms with E-state index in [1.165, 1.54) is 29.0 Å². The van der Waals surface area contributed by atoms with E-state index in [4.69, 9.17) is 0 Å². The maximum Gasteiger partial charge on any atom is 0.322 e. The van der Waals surface area contributed by atoms with E-state index in [0.29, 0.717) is 10.1 Å². The molecule has 2 heterocycles. The van der Waals surface area contributed by atoms with Crippen molar-refractivity contribution in [3.63, 3.8) is 0 Å². The van der Waals surface area contributed by atoms with Crippen LogP contribution in [0.3, 0.4) is 0 Å². The van der Waals surface area contributed by atoms with Crippen LogP contribution in [-0.4, -0.2) is 26.8 Å². The van der Waals surface area contributed by atoms with Crippen molar-refractivity contribution in [2.24, 2.45) is 7.05 Å². The minimum absolute atomic E-state index is 0.265. The molecule has 0 N–H and O–H groups in total. The van der Waals surface area contributed by atoms with E-state index in [-0.39, 0.29) is 5.92 Å². The monoisotopic (exact) mass is 371 g/mol. The number of aromatic nitrogens is 2. The van der Waals surface area contributed by atoms with Crippen molar-refractivity contribution in [1.82, 2.24) is 14.6 Å². The molecule has 24 heavy (non-hydrogen) atoms. The predicted molar refractivity (Wildman–Crippen MR) is 94.0 cm³/mol. The molecule has 130 valence electrons. The Morgan fingerprint density at radius 1 is 1.17 bits per heavy atom. The number of hydrogen-bond donors (Lipinski definition) is 0. The number of aryl methyl sites for hydroxylation is 1. The number of rotatable bonds is 3. The second-order valence-electron chi connectivity index (χ2n) is 5.63. The van der Waals surface area contributed by atoms with Gasteiger partial charge in [-0.15, -0.1) is 0 Å². The standard InChI is InChI=1S/C14H16F2N2S.C2H3NOS/c1-8(2)13-14(18(4)9(3)17-13)19-12-6-10(15)5-11(16)7-12;1-3-2(5)4-3/h5-8H,1-4H3;1H3. The van der Waals surface area contributed by atoms with Crippen LogP contribution in [-0.2, 0) is 11.9 Å².